The van der Waals surface area contributed by atoms with Crippen LogP contribution in [-0.4, -0.2) is 18.5 Å². The van der Waals surface area contributed by atoms with Crippen molar-refractivity contribution in [3.8, 4) is 0 Å². The number of rotatable bonds is 12. The van der Waals surface area contributed by atoms with Crippen LogP contribution < -0.4 is 0 Å². The lowest BCUT2D eigenvalue weighted by Gasteiger charge is -2.16. The van der Waals surface area contributed by atoms with Crippen LogP contribution >= 0.6 is 0 Å². The van der Waals surface area contributed by atoms with Gasteiger partial charge in [0.2, 0.25) is 0 Å². The second-order valence-electron chi connectivity index (χ2n) is 6.93. The van der Waals surface area contributed by atoms with Crippen molar-refractivity contribution >= 4 is 0 Å². The van der Waals surface area contributed by atoms with Crippen molar-refractivity contribution in [1.82, 2.24) is 4.90 Å². The van der Waals surface area contributed by atoms with E-state index in [0.717, 1.165) is 6.54 Å². The van der Waals surface area contributed by atoms with Gasteiger partial charge in [0.15, 0.2) is 0 Å². The Hall–Kier alpha value is -1.60. The molecule has 1 heteroatoms. The zero-order chi connectivity index (χ0) is 16.9. The Morgan fingerprint density at radius 3 is 1.71 bits per heavy atom. The van der Waals surface area contributed by atoms with Crippen molar-refractivity contribution in [2.75, 3.05) is 13.6 Å². The molecule has 0 spiro atoms. The van der Waals surface area contributed by atoms with Crippen molar-refractivity contribution in [1.29, 1.82) is 0 Å². The molecule has 24 heavy (non-hydrogen) atoms. The first-order chi connectivity index (χ1) is 11.8. The van der Waals surface area contributed by atoms with Gasteiger partial charge in [-0.25, -0.2) is 0 Å². The summed E-state index contributed by atoms with van der Waals surface area (Å²) in [5.74, 6) is 0. The van der Waals surface area contributed by atoms with Crippen LogP contribution in [0.5, 0.6) is 0 Å². The van der Waals surface area contributed by atoms with E-state index in [1.165, 1.54) is 69.0 Å². The van der Waals surface area contributed by atoms with E-state index in [-0.39, 0.29) is 0 Å². The fourth-order valence-electron chi connectivity index (χ4n) is 3.21. The first-order valence-corrected chi connectivity index (χ1v) is 9.61. The molecule has 0 aliphatic rings. The van der Waals surface area contributed by atoms with Crippen LogP contribution in [0.2, 0.25) is 0 Å². The Bertz CT molecular complexity index is 520. The maximum atomic E-state index is 2.44. The fourth-order valence-corrected chi connectivity index (χ4v) is 3.21. The molecule has 0 radical (unpaired) electrons. The van der Waals surface area contributed by atoms with Crippen LogP contribution in [0.4, 0.5) is 0 Å². The van der Waals surface area contributed by atoms with E-state index in [1.807, 2.05) is 0 Å². The van der Waals surface area contributed by atoms with E-state index in [0.29, 0.717) is 0 Å². The van der Waals surface area contributed by atoms with Crippen molar-refractivity contribution in [2.24, 2.45) is 0 Å². The predicted octanol–water partition coefficient (Wildman–Crippen LogP) is 6.09. The predicted molar refractivity (Wildman–Crippen MR) is 105 cm³/mol. The lowest BCUT2D eigenvalue weighted by molar-refractivity contribution is 0.316. The van der Waals surface area contributed by atoms with Crippen LogP contribution in [0.3, 0.4) is 0 Å². The van der Waals surface area contributed by atoms with Gasteiger partial charge in [0.1, 0.15) is 0 Å². The van der Waals surface area contributed by atoms with E-state index >= 15 is 0 Å². The number of benzene rings is 2. The summed E-state index contributed by atoms with van der Waals surface area (Å²) in [7, 11) is 2.23. The Morgan fingerprint density at radius 1 is 0.583 bits per heavy atom. The smallest absolute Gasteiger partial charge is 0.0230 e. The topological polar surface area (TPSA) is 3.24 Å². The van der Waals surface area contributed by atoms with Gasteiger partial charge in [-0.05, 0) is 44.0 Å². The van der Waals surface area contributed by atoms with Gasteiger partial charge in [-0.1, -0.05) is 92.8 Å². The second kappa shape index (κ2) is 11.9. The summed E-state index contributed by atoms with van der Waals surface area (Å²) >= 11 is 0. The molecule has 1 nitrogen and oxygen atoms in total. The molecule has 2 rings (SSSR count). The third kappa shape index (κ3) is 8.31. The molecular formula is C23H33N. The van der Waals surface area contributed by atoms with Crippen molar-refractivity contribution in [2.45, 2.75) is 57.9 Å². The molecule has 0 N–H and O–H groups in total. The van der Waals surface area contributed by atoms with Gasteiger partial charge < -0.3 is 4.90 Å². The molecule has 0 unspecified atom stereocenters. The van der Waals surface area contributed by atoms with Crippen LogP contribution in [0.15, 0.2) is 60.7 Å². The normalized spacial score (nSPS) is 11.1. The lowest BCUT2D eigenvalue weighted by atomic mass is 10.0. The number of aryl methyl sites for hydroxylation is 1. The van der Waals surface area contributed by atoms with Gasteiger partial charge in [0.25, 0.3) is 0 Å². The van der Waals surface area contributed by atoms with Gasteiger partial charge in [0.05, 0.1) is 0 Å². The van der Waals surface area contributed by atoms with Crippen LogP contribution in [0.1, 0.15) is 56.1 Å². The second-order valence-corrected chi connectivity index (χ2v) is 6.93. The fraction of sp³-hybridized carbons (Fsp3) is 0.478. The molecule has 2 aromatic rings. The standard InChI is InChI=1S/C23H33N/c1-24(21-23-18-12-8-13-19-23)20-14-6-4-2-3-5-9-15-22-16-10-7-11-17-22/h7-8,10-13,16-19H,2-6,9,14-15,20-21H2,1H3. The average molecular weight is 324 g/mol. The molecule has 0 aliphatic carbocycles. The van der Waals surface area contributed by atoms with Crippen LogP contribution in [0, 0.1) is 0 Å². The minimum Gasteiger partial charge on any atom is -0.302 e. The molecule has 0 bridgehead atoms. The van der Waals surface area contributed by atoms with Gasteiger partial charge in [-0.3, -0.25) is 0 Å². The highest BCUT2D eigenvalue weighted by atomic mass is 15.1. The number of nitrogens with zero attached hydrogens (tertiary/aromatic N) is 1. The van der Waals surface area contributed by atoms with Crippen molar-refractivity contribution in [3.63, 3.8) is 0 Å². The van der Waals surface area contributed by atoms with Gasteiger partial charge in [-0.2, -0.15) is 0 Å². The minimum atomic E-state index is 1.07. The monoisotopic (exact) mass is 323 g/mol. The zero-order valence-corrected chi connectivity index (χ0v) is 15.3. The molecule has 0 saturated heterocycles. The number of hydrogen-bond donors (Lipinski definition) is 0. The van der Waals surface area contributed by atoms with Gasteiger partial charge >= 0.3 is 0 Å². The van der Waals surface area contributed by atoms with Gasteiger partial charge in [0, 0.05) is 6.54 Å². The maximum Gasteiger partial charge on any atom is 0.0230 e. The summed E-state index contributed by atoms with van der Waals surface area (Å²) in [6.45, 7) is 2.28. The Morgan fingerprint density at radius 2 is 1.08 bits per heavy atom. The van der Waals surface area contributed by atoms with Crippen molar-refractivity contribution < 1.29 is 0 Å². The maximum absolute atomic E-state index is 2.44. The summed E-state index contributed by atoms with van der Waals surface area (Å²) < 4.78 is 0. The highest BCUT2D eigenvalue weighted by Gasteiger charge is 2.00. The summed E-state index contributed by atoms with van der Waals surface area (Å²) in [6.07, 6.45) is 10.8. The molecule has 2 aromatic carbocycles. The summed E-state index contributed by atoms with van der Waals surface area (Å²) in [5, 5.41) is 0. The third-order valence-electron chi connectivity index (χ3n) is 4.64. The van der Waals surface area contributed by atoms with E-state index in [2.05, 4.69) is 72.6 Å². The van der Waals surface area contributed by atoms with E-state index in [1.54, 1.807) is 0 Å². The molecule has 0 aromatic heterocycles. The van der Waals surface area contributed by atoms with E-state index < -0.39 is 0 Å². The summed E-state index contributed by atoms with van der Waals surface area (Å²) in [5.41, 5.74) is 2.90. The van der Waals surface area contributed by atoms with Crippen LogP contribution in [-0.2, 0) is 13.0 Å². The zero-order valence-electron chi connectivity index (χ0n) is 15.3. The molecule has 0 saturated carbocycles. The molecule has 0 heterocycles. The third-order valence-corrected chi connectivity index (χ3v) is 4.64. The Balaban J connectivity index is 1.40. The van der Waals surface area contributed by atoms with Gasteiger partial charge in [-0.15, -0.1) is 0 Å². The highest BCUT2D eigenvalue weighted by molar-refractivity contribution is 5.15. The Labute approximate surface area is 148 Å². The van der Waals surface area contributed by atoms with E-state index in [4.69, 9.17) is 0 Å². The van der Waals surface area contributed by atoms with Crippen molar-refractivity contribution in [3.05, 3.63) is 71.8 Å². The lowest BCUT2D eigenvalue weighted by Crippen LogP contribution is -2.18. The van der Waals surface area contributed by atoms with E-state index in [9.17, 15) is 0 Å². The quantitative estimate of drug-likeness (QED) is 0.427. The summed E-state index contributed by atoms with van der Waals surface area (Å²) in [6, 6.07) is 21.6. The number of unbranched alkanes of at least 4 members (excludes halogenated alkanes) is 6. The molecule has 0 atom stereocenters. The van der Waals surface area contributed by atoms with Crippen LogP contribution in [0.25, 0.3) is 0 Å². The largest absolute Gasteiger partial charge is 0.302 e. The molecule has 0 aliphatic heterocycles. The molecule has 0 fully saturated rings. The number of hydrogen-bond acceptors (Lipinski definition) is 1. The highest BCUT2D eigenvalue weighted by Crippen LogP contribution is 2.11. The molecular weight excluding hydrogens is 290 g/mol. The molecule has 130 valence electrons. The first-order valence-electron chi connectivity index (χ1n) is 9.61. The minimum absolute atomic E-state index is 1.07. The summed E-state index contributed by atoms with van der Waals surface area (Å²) in [4.78, 5) is 2.44. The molecule has 0 amide bonds. The average Bonchev–Trinajstić information content (AvgIpc) is 2.62. The Kier molecular flexibility index (Phi) is 9.26. The first kappa shape index (κ1) is 18.7. The SMILES string of the molecule is CN(CCCCCCCCCc1ccccc1)Cc1ccccc1.